The van der Waals surface area contributed by atoms with E-state index in [1.165, 1.54) is 7.11 Å². The van der Waals surface area contributed by atoms with E-state index in [0.717, 1.165) is 25.7 Å². The third-order valence-corrected chi connectivity index (χ3v) is 3.63. The Morgan fingerprint density at radius 2 is 1.83 bits per heavy atom. The van der Waals surface area contributed by atoms with Crippen LogP contribution in [0.15, 0.2) is 0 Å². The van der Waals surface area contributed by atoms with Crippen LogP contribution in [-0.4, -0.2) is 43.1 Å². The molecule has 1 saturated heterocycles. The number of carbonyl (C=O) groups excluding carboxylic acids is 2. The highest BCUT2D eigenvalue weighted by Gasteiger charge is 2.25. The lowest BCUT2D eigenvalue weighted by Crippen LogP contribution is -2.47. The maximum Gasteiger partial charge on any atom is 0.409 e. The molecule has 1 aliphatic rings. The maximum atomic E-state index is 11.9. The number of nitrogens with one attached hydrogen (secondary N) is 1. The van der Waals surface area contributed by atoms with Crippen molar-refractivity contribution in [2.45, 2.75) is 45.6 Å². The first-order chi connectivity index (χ1) is 8.62. The molecule has 0 aromatic rings. The maximum absolute atomic E-state index is 11.9. The molecule has 2 amide bonds. The van der Waals surface area contributed by atoms with Crippen LogP contribution in [0.1, 0.15) is 39.5 Å². The van der Waals surface area contributed by atoms with Crippen molar-refractivity contribution in [3.8, 4) is 0 Å². The molecule has 0 unspecified atom stereocenters. The molecule has 0 atom stereocenters. The predicted molar refractivity (Wildman–Crippen MR) is 69.2 cm³/mol. The molecule has 0 radical (unpaired) electrons. The average Bonchev–Trinajstić information content (AvgIpc) is 2.40. The minimum atomic E-state index is -0.278. The van der Waals surface area contributed by atoms with E-state index in [-0.39, 0.29) is 24.0 Å². The summed E-state index contributed by atoms with van der Waals surface area (Å²) in [6, 6.07) is 0.194. The summed E-state index contributed by atoms with van der Waals surface area (Å²) in [4.78, 5) is 24.9. The van der Waals surface area contributed by atoms with Crippen molar-refractivity contribution in [2.24, 2.45) is 5.92 Å². The Bertz CT molecular complexity index is 282. The monoisotopic (exact) mass is 256 g/mol. The molecule has 1 aliphatic heterocycles. The third-order valence-electron chi connectivity index (χ3n) is 3.63. The summed E-state index contributed by atoms with van der Waals surface area (Å²) in [6.07, 6.45) is 3.09. The standard InChI is InChI=1S/C13H24N2O3/c1-4-10(5-2)12(16)14-11-6-8-15(9-7-11)13(17)18-3/h10-11H,4-9H2,1-3H3,(H,14,16). The zero-order chi connectivity index (χ0) is 13.5. The van der Waals surface area contributed by atoms with Crippen LogP contribution in [0.3, 0.4) is 0 Å². The Labute approximate surface area is 109 Å². The van der Waals surface area contributed by atoms with Gasteiger partial charge >= 0.3 is 6.09 Å². The zero-order valence-corrected chi connectivity index (χ0v) is 11.6. The Kier molecular flexibility index (Phi) is 5.95. The SMILES string of the molecule is CCC(CC)C(=O)NC1CCN(C(=O)OC)CC1. The molecule has 104 valence electrons. The summed E-state index contributed by atoms with van der Waals surface area (Å²) < 4.78 is 4.68. The number of likely N-dealkylation sites (tertiary alicyclic amines) is 1. The smallest absolute Gasteiger partial charge is 0.409 e. The van der Waals surface area contributed by atoms with Gasteiger partial charge in [-0.05, 0) is 25.7 Å². The van der Waals surface area contributed by atoms with Crippen LogP contribution in [0.25, 0.3) is 0 Å². The second-order valence-electron chi connectivity index (χ2n) is 4.75. The highest BCUT2D eigenvalue weighted by Crippen LogP contribution is 2.13. The summed E-state index contributed by atoms with van der Waals surface area (Å²) >= 11 is 0. The molecule has 1 fully saturated rings. The Hall–Kier alpha value is -1.26. The van der Waals surface area contributed by atoms with Crippen molar-refractivity contribution in [2.75, 3.05) is 20.2 Å². The number of amides is 2. The number of hydrogen-bond donors (Lipinski definition) is 1. The van der Waals surface area contributed by atoms with Crippen LogP contribution in [0.5, 0.6) is 0 Å². The largest absolute Gasteiger partial charge is 0.453 e. The summed E-state index contributed by atoms with van der Waals surface area (Å²) in [7, 11) is 1.39. The number of nitrogens with zero attached hydrogens (tertiary/aromatic N) is 1. The number of methoxy groups -OCH3 is 1. The van der Waals surface area contributed by atoms with Crippen LogP contribution >= 0.6 is 0 Å². The fourth-order valence-corrected chi connectivity index (χ4v) is 2.31. The fraction of sp³-hybridized carbons (Fsp3) is 0.846. The van der Waals surface area contributed by atoms with E-state index in [2.05, 4.69) is 10.1 Å². The summed E-state index contributed by atoms with van der Waals surface area (Å²) in [5, 5.41) is 3.08. The summed E-state index contributed by atoms with van der Waals surface area (Å²) in [6.45, 7) is 5.38. The lowest BCUT2D eigenvalue weighted by atomic mass is 10.00. The van der Waals surface area contributed by atoms with E-state index in [0.29, 0.717) is 13.1 Å². The average molecular weight is 256 g/mol. The van der Waals surface area contributed by atoms with Gasteiger partial charge in [-0.2, -0.15) is 0 Å². The second-order valence-corrected chi connectivity index (χ2v) is 4.75. The molecule has 5 nitrogen and oxygen atoms in total. The number of rotatable bonds is 4. The molecular weight excluding hydrogens is 232 g/mol. The van der Waals surface area contributed by atoms with Crippen LogP contribution in [-0.2, 0) is 9.53 Å². The lowest BCUT2D eigenvalue weighted by Gasteiger charge is -2.32. The fourth-order valence-electron chi connectivity index (χ4n) is 2.31. The van der Waals surface area contributed by atoms with Gasteiger partial charge < -0.3 is 15.0 Å². The Morgan fingerprint density at radius 3 is 2.28 bits per heavy atom. The second kappa shape index (κ2) is 7.24. The van der Waals surface area contributed by atoms with Gasteiger partial charge in [0, 0.05) is 25.0 Å². The Balaban J connectivity index is 2.35. The van der Waals surface area contributed by atoms with Gasteiger partial charge in [-0.25, -0.2) is 4.79 Å². The molecule has 0 spiro atoms. The van der Waals surface area contributed by atoms with Gasteiger partial charge in [-0.1, -0.05) is 13.8 Å². The van der Waals surface area contributed by atoms with Gasteiger partial charge in [-0.15, -0.1) is 0 Å². The molecule has 1 N–H and O–H groups in total. The molecule has 0 aromatic carbocycles. The van der Waals surface area contributed by atoms with Crippen molar-refractivity contribution in [3.63, 3.8) is 0 Å². The molecule has 0 aromatic heterocycles. The number of hydrogen-bond acceptors (Lipinski definition) is 3. The van der Waals surface area contributed by atoms with Gasteiger partial charge in [0.1, 0.15) is 0 Å². The van der Waals surface area contributed by atoms with Crippen LogP contribution < -0.4 is 5.32 Å². The van der Waals surface area contributed by atoms with E-state index in [4.69, 9.17) is 0 Å². The molecular formula is C13H24N2O3. The molecule has 0 bridgehead atoms. The van der Waals surface area contributed by atoms with Crippen LogP contribution in [0, 0.1) is 5.92 Å². The highest BCUT2D eigenvalue weighted by molar-refractivity contribution is 5.78. The summed E-state index contributed by atoms with van der Waals surface area (Å²) in [5.41, 5.74) is 0. The molecule has 5 heteroatoms. The van der Waals surface area contributed by atoms with Crippen LogP contribution in [0.4, 0.5) is 4.79 Å². The first-order valence-electron chi connectivity index (χ1n) is 6.75. The van der Waals surface area contributed by atoms with Gasteiger partial charge in [0.05, 0.1) is 7.11 Å². The molecule has 1 heterocycles. The molecule has 18 heavy (non-hydrogen) atoms. The number of piperidine rings is 1. The third kappa shape index (κ3) is 3.89. The van der Waals surface area contributed by atoms with Crippen LogP contribution in [0.2, 0.25) is 0 Å². The van der Waals surface area contributed by atoms with E-state index in [1.807, 2.05) is 13.8 Å². The minimum absolute atomic E-state index is 0.114. The Morgan fingerprint density at radius 1 is 1.28 bits per heavy atom. The predicted octanol–water partition coefficient (Wildman–Crippen LogP) is 1.77. The molecule has 0 saturated carbocycles. The van der Waals surface area contributed by atoms with Gasteiger partial charge in [0.25, 0.3) is 0 Å². The quantitative estimate of drug-likeness (QED) is 0.834. The van der Waals surface area contributed by atoms with Gasteiger partial charge in [0.2, 0.25) is 5.91 Å². The van der Waals surface area contributed by atoms with Crippen molar-refractivity contribution in [1.29, 1.82) is 0 Å². The zero-order valence-electron chi connectivity index (χ0n) is 11.6. The van der Waals surface area contributed by atoms with Crippen molar-refractivity contribution in [1.82, 2.24) is 10.2 Å². The minimum Gasteiger partial charge on any atom is -0.453 e. The van der Waals surface area contributed by atoms with E-state index in [1.54, 1.807) is 4.90 Å². The highest BCUT2D eigenvalue weighted by atomic mass is 16.5. The van der Waals surface area contributed by atoms with Crippen molar-refractivity contribution < 1.29 is 14.3 Å². The number of ether oxygens (including phenoxy) is 1. The van der Waals surface area contributed by atoms with E-state index < -0.39 is 0 Å². The van der Waals surface area contributed by atoms with Gasteiger partial charge in [-0.3, -0.25) is 4.79 Å². The normalized spacial score (nSPS) is 16.8. The molecule has 1 rings (SSSR count). The first-order valence-corrected chi connectivity index (χ1v) is 6.75. The topological polar surface area (TPSA) is 58.6 Å². The number of carbonyl (C=O) groups is 2. The van der Waals surface area contributed by atoms with Crippen molar-refractivity contribution in [3.05, 3.63) is 0 Å². The molecule has 0 aliphatic carbocycles. The van der Waals surface area contributed by atoms with E-state index in [9.17, 15) is 9.59 Å². The van der Waals surface area contributed by atoms with E-state index >= 15 is 0 Å². The summed E-state index contributed by atoms with van der Waals surface area (Å²) in [5.74, 6) is 0.264. The lowest BCUT2D eigenvalue weighted by molar-refractivity contribution is -0.126. The first kappa shape index (κ1) is 14.8. The van der Waals surface area contributed by atoms with Crippen molar-refractivity contribution >= 4 is 12.0 Å². The van der Waals surface area contributed by atoms with Gasteiger partial charge in [0.15, 0.2) is 0 Å².